The Hall–Kier alpha value is -2.64. The molecule has 0 radical (unpaired) electrons. The minimum atomic E-state index is 0.811. The molecule has 5 aromatic rings. The van der Waals surface area contributed by atoms with E-state index in [0.29, 0.717) is 0 Å². The van der Waals surface area contributed by atoms with Crippen molar-refractivity contribution in [1.82, 2.24) is 0 Å². The number of rotatable bonds is 6. The van der Waals surface area contributed by atoms with Crippen molar-refractivity contribution in [3.05, 3.63) is 72.3 Å². The maximum atomic E-state index is 5.62. The van der Waals surface area contributed by atoms with Gasteiger partial charge in [-0.1, -0.05) is 79.6 Å². The molecule has 1 nitrogen and oxygen atoms in total. The third-order valence-electron chi connectivity index (χ3n) is 6.02. The SMILES string of the molecule is NCCCCCCc1ccc2c3cccc4cccc(c5cccc1c52)c43. The molecule has 5 rings (SSSR count). The Morgan fingerprint density at radius 2 is 1.11 bits per heavy atom. The van der Waals surface area contributed by atoms with Gasteiger partial charge in [-0.05, 0) is 74.5 Å². The Balaban J connectivity index is 1.72. The molecule has 134 valence electrons. The zero-order valence-corrected chi connectivity index (χ0v) is 15.7. The first kappa shape index (κ1) is 16.5. The van der Waals surface area contributed by atoms with E-state index in [4.69, 9.17) is 5.73 Å². The predicted molar refractivity (Wildman–Crippen MR) is 119 cm³/mol. The second kappa shape index (κ2) is 6.83. The Labute approximate surface area is 160 Å². The highest BCUT2D eigenvalue weighted by molar-refractivity contribution is 6.33. The average Bonchev–Trinajstić information content (AvgIpc) is 2.72. The second-order valence-corrected chi connectivity index (χ2v) is 7.66. The molecule has 0 aliphatic carbocycles. The summed E-state index contributed by atoms with van der Waals surface area (Å²) in [5, 5.41) is 11.1. The molecule has 0 aliphatic rings. The Bertz CT molecular complexity index is 1180. The molecule has 0 fully saturated rings. The summed E-state index contributed by atoms with van der Waals surface area (Å²) in [7, 11) is 0. The molecule has 0 saturated heterocycles. The van der Waals surface area contributed by atoms with Crippen molar-refractivity contribution in [3.8, 4) is 0 Å². The van der Waals surface area contributed by atoms with Crippen LogP contribution in [0, 0.1) is 0 Å². The molecule has 0 aromatic heterocycles. The van der Waals surface area contributed by atoms with Gasteiger partial charge in [0.25, 0.3) is 0 Å². The lowest BCUT2D eigenvalue weighted by atomic mass is 9.87. The molecule has 0 unspecified atom stereocenters. The normalized spacial score (nSPS) is 12.0. The van der Waals surface area contributed by atoms with Gasteiger partial charge in [0.15, 0.2) is 0 Å². The van der Waals surface area contributed by atoms with Gasteiger partial charge in [0.2, 0.25) is 0 Å². The highest BCUT2D eigenvalue weighted by atomic mass is 14.5. The minimum Gasteiger partial charge on any atom is -0.330 e. The summed E-state index contributed by atoms with van der Waals surface area (Å²) in [6.07, 6.45) is 6.04. The molecule has 0 atom stereocenters. The summed E-state index contributed by atoms with van der Waals surface area (Å²) in [5.74, 6) is 0. The van der Waals surface area contributed by atoms with Crippen LogP contribution in [0.15, 0.2) is 66.7 Å². The van der Waals surface area contributed by atoms with Crippen molar-refractivity contribution in [2.24, 2.45) is 5.73 Å². The van der Waals surface area contributed by atoms with Crippen molar-refractivity contribution in [2.45, 2.75) is 32.1 Å². The number of hydrogen-bond acceptors (Lipinski definition) is 1. The fraction of sp³-hybridized carbons (Fsp3) is 0.231. The third kappa shape index (κ3) is 2.65. The smallest absolute Gasteiger partial charge is 0.00236 e. The van der Waals surface area contributed by atoms with E-state index >= 15 is 0 Å². The van der Waals surface area contributed by atoms with E-state index in [1.807, 2.05) is 0 Å². The monoisotopic (exact) mass is 351 g/mol. The zero-order chi connectivity index (χ0) is 18.2. The summed E-state index contributed by atoms with van der Waals surface area (Å²) >= 11 is 0. The molecule has 1 heteroatoms. The third-order valence-corrected chi connectivity index (χ3v) is 6.02. The van der Waals surface area contributed by atoms with Gasteiger partial charge in [-0.3, -0.25) is 0 Å². The van der Waals surface area contributed by atoms with Crippen LogP contribution >= 0.6 is 0 Å². The summed E-state index contributed by atoms with van der Waals surface area (Å²) in [6, 6.07) is 24.9. The summed E-state index contributed by atoms with van der Waals surface area (Å²) in [4.78, 5) is 0. The molecule has 0 aliphatic heterocycles. The van der Waals surface area contributed by atoms with Crippen LogP contribution in [0.2, 0.25) is 0 Å². The second-order valence-electron chi connectivity index (χ2n) is 7.66. The maximum Gasteiger partial charge on any atom is -0.00236 e. The first-order valence-electron chi connectivity index (χ1n) is 10.2. The van der Waals surface area contributed by atoms with Gasteiger partial charge >= 0.3 is 0 Å². The highest BCUT2D eigenvalue weighted by Crippen LogP contribution is 2.41. The van der Waals surface area contributed by atoms with Gasteiger partial charge in [-0.25, -0.2) is 0 Å². The van der Waals surface area contributed by atoms with Crippen LogP contribution in [-0.4, -0.2) is 6.54 Å². The van der Waals surface area contributed by atoms with Crippen LogP contribution in [0.3, 0.4) is 0 Å². The topological polar surface area (TPSA) is 26.0 Å². The highest BCUT2D eigenvalue weighted by Gasteiger charge is 2.13. The summed E-state index contributed by atoms with van der Waals surface area (Å²) < 4.78 is 0. The van der Waals surface area contributed by atoms with E-state index in [-0.39, 0.29) is 0 Å². The Kier molecular flexibility index (Phi) is 4.18. The van der Waals surface area contributed by atoms with Crippen molar-refractivity contribution in [1.29, 1.82) is 0 Å². The van der Waals surface area contributed by atoms with Crippen LogP contribution < -0.4 is 5.73 Å². The van der Waals surface area contributed by atoms with E-state index in [0.717, 1.165) is 19.4 Å². The number of hydrogen-bond donors (Lipinski definition) is 1. The molecule has 0 bridgehead atoms. The van der Waals surface area contributed by atoms with Gasteiger partial charge in [0.1, 0.15) is 0 Å². The fourth-order valence-electron chi connectivity index (χ4n) is 4.74. The lowest BCUT2D eigenvalue weighted by molar-refractivity contribution is 0.648. The van der Waals surface area contributed by atoms with Crippen LogP contribution in [0.1, 0.15) is 31.2 Å². The molecule has 2 N–H and O–H groups in total. The van der Waals surface area contributed by atoms with Gasteiger partial charge in [-0.15, -0.1) is 0 Å². The van der Waals surface area contributed by atoms with E-state index in [1.54, 1.807) is 0 Å². The van der Waals surface area contributed by atoms with Crippen LogP contribution in [0.5, 0.6) is 0 Å². The first-order valence-corrected chi connectivity index (χ1v) is 10.2. The van der Waals surface area contributed by atoms with Crippen LogP contribution in [0.25, 0.3) is 43.1 Å². The van der Waals surface area contributed by atoms with Gasteiger partial charge in [-0.2, -0.15) is 0 Å². The standard InChI is InChI=1S/C26H25N/c27-17-4-2-1-3-8-18-15-16-24-22-13-6-10-19-9-5-12-21(25(19)22)23-14-7-11-20(18)26(23)24/h5-7,9-16H,1-4,8,17,27H2. The predicted octanol–water partition coefficient (Wildman–Crippen LogP) is 6.80. The molecular weight excluding hydrogens is 326 g/mol. The Morgan fingerprint density at radius 1 is 0.519 bits per heavy atom. The summed E-state index contributed by atoms with van der Waals surface area (Å²) in [5.41, 5.74) is 7.10. The summed E-state index contributed by atoms with van der Waals surface area (Å²) in [6.45, 7) is 0.811. The molecule has 0 amide bonds. The molecular formula is C26H25N. The van der Waals surface area contributed by atoms with Gasteiger partial charge in [0.05, 0.1) is 0 Å². The minimum absolute atomic E-state index is 0.811. The number of aryl methyl sites for hydroxylation is 1. The lowest BCUT2D eigenvalue weighted by Crippen LogP contribution is -1.98. The molecule has 0 heterocycles. The number of nitrogens with two attached hydrogens (primary N) is 1. The van der Waals surface area contributed by atoms with Crippen LogP contribution in [-0.2, 0) is 6.42 Å². The van der Waals surface area contributed by atoms with Crippen molar-refractivity contribution in [2.75, 3.05) is 6.54 Å². The Morgan fingerprint density at radius 3 is 1.85 bits per heavy atom. The van der Waals surface area contributed by atoms with E-state index < -0.39 is 0 Å². The van der Waals surface area contributed by atoms with E-state index in [2.05, 4.69) is 66.7 Å². The molecule has 0 saturated carbocycles. The quantitative estimate of drug-likeness (QED) is 0.203. The average molecular weight is 351 g/mol. The van der Waals surface area contributed by atoms with Gasteiger partial charge in [0, 0.05) is 0 Å². The lowest BCUT2D eigenvalue weighted by Gasteiger charge is -2.16. The van der Waals surface area contributed by atoms with Crippen molar-refractivity contribution in [3.63, 3.8) is 0 Å². The van der Waals surface area contributed by atoms with E-state index in [9.17, 15) is 0 Å². The first-order chi connectivity index (χ1) is 13.4. The van der Waals surface area contributed by atoms with E-state index in [1.165, 1.54) is 67.9 Å². The number of fused-ring (bicyclic) bond motifs is 2. The molecule has 27 heavy (non-hydrogen) atoms. The largest absolute Gasteiger partial charge is 0.330 e. The number of benzene rings is 5. The fourth-order valence-corrected chi connectivity index (χ4v) is 4.74. The maximum absolute atomic E-state index is 5.62. The van der Waals surface area contributed by atoms with Gasteiger partial charge < -0.3 is 5.73 Å². The zero-order valence-electron chi connectivity index (χ0n) is 15.7. The molecule has 0 spiro atoms. The van der Waals surface area contributed by atoms with Crippen molar-refractivity contribution < 1.29 is 0 Å². The number of unbranched alkanes of at least 4 members (excludes halogenated alkanes) is 3. The van der Waals surface area contributed by atoms with Crippen LogP contribution in [0.4, 0.5) is 0 Å². The molecule has 5 aromatic carbocycles. The van der Waals surface area contributed by atoms with Crippen molar-refractivity contribution >= 4 is 43.1 Å².